The summed E-state index contributed by atoms with van der Waals surface area (Å²) in [5.41, 5.74) is 2.36. The predicted octanol–water partition coefficient (Wildman–Crippen LogP) is 5.34. The van der Waals surface area contributed by atoms with Gasteiger partial charge >= 0.3 is 0 Å². The first-order chi connectivity index (χ1) is 13.2. The number of benzene rings is 1. The van der Waals surface area contributed by atoms with E-state index in [9.17, 15) is 0 Å². The smallest absolute Gasteiger partial charge is 0.171 e. The zero-order valence-electron chi connectivity index (χ0n) is 14.9. The van der Waals surface area contributed by atoms with Gasteiger partial charge in [-0.25, -0.2) is 0 Å². The van der Waals surface area contributed by atoms with Gasteiger partial charge in [-0.1, -0.05) is 34.4 Å². The molecule has 1 aromatic carbocycles. The van der Waals surface area contributed by atoms with Crippen LogP contribution in [-0.2, 0) is 20.8 Å². The Morgan fingerprint density at radius 2 is 1.85 bits per heavy atom. The van der Waals surface area contributed by atoms with Crippen LogP contribution in [0.1, 0.15) is 49.3 Å². The fourth-order valence-electron chi connectivity index (χ4n) is 4.08. The number of halogens is 2. The number of aromatic nitrogens is 1. The molecule has 2 aromatic rings. The highest BCUT2D eigenvalue weighted by Crippen LogP contribution is 2.46. The number of nitrogens with zero attached hydrogens (tertiary/aromatic N) is 1. The lowest BCUT2D eigenvalue weighted by atomic mass is 10.0. The minimum Gasteiger partial charge on any atom is -0.373 e. The number of hydrogen-bond donors (Lipinski definition) is 0. The molecule has 0 N–H and O–H groups in total. The van der Waals surface area contributed by atoms with Crippen molar-refractivity contribution < 1.29 is 18.7 Å². The summed E-state index contributed by atoms with van der Waals surface area (Å²) < 4.78 is 23.5. The van der Waals surface area contributed by atoms with Crippen molar-refractivity contribution in [2.24, 2.45) is 0 Å². The van der Waals surface area contributed by atoms with E-state index in [-0.39, 0.29) is 6.10 Å². The van der Waals surface area contributed by atoms with Crippen LogP contribution >= 0.6 is 23.2 Å². The number of ether oxygens (including phenoxy) is 3. The van der Waals surface area contributed by atoms with Crippen LogP contribution < -0.4 is 0 Å². The predicted molar refractivity (Wildman–Crippen MR) is 101 cm³/mol. The zero-order valence-corrected chi connectivity index (χ0v) is 16.4. The van der Waals surface area contributed by atoms with E-state index in [0.717, 1.165) is 43.4 Å². The van der Waals surface area contributed by atoms with Crippen molar-refractivity contribution in [2.75, 3.05) is 13.2 Å². The highest BCUT2D eigenvalue weighted by Gasteiger charge is 2.45. The minimum atomic E-state index is -0.437. The molecule has 0 amide bonds. The molecule has 1 unspecified atom stereocenters. The topological polar surface area (TPSA) is 53.7 Å². The normalized spacial score (nSPS) is 24.1. The minimum absolute atomic E-state index is 0.0969. The van der Waals surface area contributed by atoms with Crippen LogP contribution in [0.15, 0.2) is 22.7 Å². The molecule has 1 spiro atoms. The van der Waals surface area contributed by atoms with E-state index in [2.05, 4.69) is 5.16 Å². The lowest BCUT2D eigenvalue weighted by Gasteiger charge is -2.21. The summed E-state index contributed by atoms with van der Waals surface area (Å²) in [7, 11) is 0. The molecule has 5 rings (SSSR count). The highest BCUT2D eigenvalue weighted by molar-refractivity contribution is 6.39. The molecule has 3 fully saturated rings. The van der Waals surface area contributed by atoms with Gasteiger partial charge in [-0.3, -0.25) is 0 Å². The molecular formula is C20H21Cl2NO4. The van der Waals surface area contributed by atoms with Gasteiger partial charge in [-0.2, -0.15) is 0 Å². The fraction of sp³-hybridized carbons (Fsp3) is 0.550. The van der Waals surface area contributed by atoms with Gasteiger partial charge in [-0.05, 0) is 31.4 Å². The molecule has 2 heterocycles. The number of rotatable bonds is 5. The van der Waals surface area contributed by atoms with E-state index in [1.165, 1.54) is 0 Å². The van der Waals surface area contributed by atoms with E-state index < -0.39 is 5.79 Å². The van der Waals surface area contributed by atoms with Crippen molar-refractivity contribution in [3.05, 3.63) is 39.6 Å². The van der Waals surface area contributed by atoms with Crippen molar-refractivity contribution in [1.29, 1.82) is 0 Å². The first-order valence-corrected chi connectivity index (χ1v) is 10.2. The third-order valence-corrected chi connectivity index (χ3v) is 6.26. The van der Waals surface area contributed by atoms with Crippen LogP contribution in [-0.4, -0.2) is 30.3 Å². The van der Waals surface area contributed by atoms with Crippen LogP contribution in [0.5, 0.6) is 0 Å². The molecule has 7 heteroatoms. The summed E-state index contributed by atoms with van der Waals surface area (Å²) in [5.74, 6) is 0.887. The molecule has 27 heavy (non-hydrogen) atoms. The summed E-state index contributed by atoms with van der Waals surface area (Å²) in [6, 6.07) is 5.45. The Labute approximate surface area is 167 Å². The van der Waals surface area contributed by atoms with Crippen LogP contribution in [0.4, 0.5) is 0 Å². The van der Waals surface area contributed by atoms with Crippen LogP contribution in [0, 0.1) is 0 Å². The summed E-state index contributed by atoms with van der Waals surface area (Å²) in [6.45, 7) is 1.76. The van der Waals surface area contributed by atoms with Crippen molar-refractivity contribution in [1.82, 2.24) is 5.16 Å². The average Bonchev–Trinajstić information content (AvgIpc) is 3.08. The molecule has 2 aliphatic carbocycles. The van der Waals surface area contributed by atoms with Gasteiger partial charge in [0.25, 0.3) is 0 Å². The lowest BCUT2D eigenvalue weighted by Crippen LogP contribution is -2.27. The van der Waals surface area contributed by atoms with Gasteiger partial charge in [0.2, 0.25) is 0 Å². The monoisotopic (exact) mass is 409 g/mol. The first-order valence-electron chi connectivity index (χ1n) is 9.47. The van der Waals surface area contributed by atoms with Crippen molar-refractivity contribution in [3.63, 3.8) is 0 Å². The third kappa shape index (κ3) is 3.40. The standard InChI is InChI=1S/C20H21Cl2NO4/c21-15-2-1-3-16(22)17(15)18-14(19(27-23-18)12-4-5-12)11-24-13-6-7-20(10-13)25-8-9-26-20/h1-3,12-13H,4-11H2. The molecule has 5 nitrogen and oxygen atoms in total. The number of hydrogen-bond acceptors (Lipinski definition) is 5. The maximum absolute atomic E-state index is 6.41. The SMILES string of the molecule is Clc1cccc(Cl)c1-c1noc(C2CC2)c1COC1CCC2(C1)OCCO2. The quantitative estimate of drug-likeness (QED) is 0.666. The second kappa shape index (κ2) is 7.05. The molecule has 3 aliphatic rings. The Hall–Kier alpha value is -1.11. The molecule has 1 saturated heterocycles. The molecule has 1 aromatic heterocycles. The molecule has 1 aliphatic heterocycles. The Bertz CT molecular complexity index is 822. The molecule has 144 valence electrons. The summed E-state index contributed by atoms with van der Waals surface area (Å²) in [5, 5.41) is 5.44. The van der Waals surface area contributed by atoms with E-state index in [1.54, 1.807) is 0 Å². The third-order valence-electron chi connectivity index (χ3n) is 5.63. The van der Waals surface area contributed by atoms with Crippen molar-refractivity contribution in [3.8, 4) is 11.3 Å². The van der Waals surface area contributed by atoms with E-state index >= 15 is 0 Å². The maximum Gasteiger partial charge on any atom is 0.171 e. The van der Waals surface area contributed by atoms with E-state index in [4.69, 9.17) is 41.9 Å². The van der Waals surface area contributed by atoms with Gasteiger partial charge in [0.05, 0.1) is 36.0 Å². The van der Waals surface area contributed by atoms with Crippen LogP contribution in [0.3, 0.4) is 0 Å². The summed E-state index contributed by atoms with van der Waals surface area (Å²) >= 11 is 12.8. The zero-order chi connectivity index (χ0) is 18.4. The average molecular weight is 410 g/mol. The van der Waals surface area contributed by atoms with E-state index in [1.807, 2.05) is 18.2 Å². The Morgan fingerprint density at radius 3 is 2.56 bits per heavy atom. The van der Waals surface area contributed by atoms with Gasteiger partial charge in [0, 0.05) is 29.9 Å². The molecule has 2 saturated carbocycles. The lowest BCUT2D eigenvalue weighted by molar-refractivity contribution is -0.157. The van der Waals surface area contributed by atoms with Gasteiger partial charge in [0.1, 0.15) is 11.5 Å². The van der Waals surface area contributed by atoms with Gasteiger partial charge in [0.15, 0.2) is 5.79 Å². The van der Waals surface area contributed by atoms with Crippen LogP contribution in [0.2, 0.25) is 10.0 Å². The van der Waals surface area contributed by atoms with E-state index in [0.29, 0.717) is 47.0 Å². The Kier molecular flexibility index (Phi) is 4.69. The highest BCUT2D eigenvalue weighted by atomic mass is 35.5. The second-order valence-corrected chi connectivity index (χ2v) is 8.34. The largest absolute Gasteiger partial charge is 0.373 e. The first kappa shape index (κ1) is 18.0. The fourth-order valence-corrected chi connectivity index (χ4v) is 4.66. The molecule has 1 atom stereocenters. The Morgan fingerprint density at radius 1 is 1.11 bits per heavy atom. The second-order valence-electron chi connectivity index (χ2n) is 7.53. The van der Waals surface area contributed by atoms with Gasteiger partial charge < -0.3 is 18.7 Å². The maximum atomic E-state index is 6.41. The summed E-state index contributed by atoms with van der Waals surface area (Å²) in [6.07, 6.45) is 4.89. The summed E-state index contributed by atoms with van der Waals surface area (Å²) in [4.78, 5) is 0. The van der Waals surface area contributed by atoms with Gasteiger partial charge in [-0.15, -0.1) is 0 Å². The Balaban J connectivity index is 1.39. The van der Waals surface area contributed by atoms with Crippen molar-refractivity contribution in [2.45, 2.75) is 56.5 Å². The molecule has 0 radical (unpaired) electrons. The molecule has 0 bridgehead atoms. The molecular weight excluding hydrogens is 389 g/mol. The van der Waals surface area contributed by atoms with Crippen LogP contribution in [0.25, 0.3) is 11.3 Å². The van der Waals surface area contributed by atoms with Crippen molar-refractivity contribution >= 4 is 23.2 Å².